The summed E-state index contributed by atoms with van der Waals surface area (Å²) in [7, 11) is 1.61. The van der Waals surface area contributed by atoms with Crippen LogP contribution in [0.4, 0.5) is 5.69 Å². The van der Waals surface area contributed by atoms with E-state index in [4.69, 9.17) is 17.0 Å². The van der Waals surface area contributed by atoms with E-state index >= 15 is 0 Å². The van der Waals surface area contributed by atoms with Crippen LogP contribution in [0.5, 0.6) is 5.75 Å². The summed E-state index contributed by atoms with van der Waals surface area (Å²) in [6.45, 7) is 1.85. The van der Waals surface area contributed by atoms with Crippen LogP contribution in [0.3, 0.4) is 0 Å². The molecule has 5 nitrogen and oxygen atoms in total. The van der Waals surface area contributed by atoms with Crippen LogP contribution in [0.2, 0.25) is 0 Å². The number of methoxy groups -OCH3 is 1. The van der Waals surface area contributed by atoms with E-state index in [1.165, 1.54) is 0 Å². The van der Waals surface area contributed by atoms with Crippen molar-refractivity contribution in [1.82, 2.24) is 10.6 Å². The Hall–Kier alpha value is -2.38. The van der Waals surface area contributed by atoms with Gasteiger partial charge in [-0.05, 0) is 64.9 Å². The molecule has 134 valence electrons. The maximum atomic E-state index is 12.9. The molecule has 2 aromatic carbocycles. The van der Waals surface area contributed by atoms with Gasteiger partial charge >= 0.3 is 0 Å². The third-order valence-electron chi connectivity index (χ3n) is 4.05. The van der Waals surface area contributed by atoms with Gasteiger partial charge in [0.05, 0.1) is 23.2 Å². The average Bonchev–Trinajstić information content (AvgIpc) is 2.61. The average molecular weight is 432 g/mol. The third kappa shape index (κ3) is 3.89. The van der Waals surface area contributed by atoms with Crippen LogP contribution in [0.25, 0.3) is 0 Å². The first-order chi connectivity index (χ1) is 12.5. The molecule has 1 aliphatic heterocycles. The quantitative estimate of drug-likeness (QED) is 0.640. The van der Waals surface area contributed by atoms with Gasteiger partial charge in [0.2, 0.25) is 0 Å². The van der Waals surface area contributed by atoms with E-state index in [1.807, 2.05) is 55.5 Å². The van der Waals surface area contributed by atoms with Crippen LogP contribution in [0.15, 0.2) is 64.3 Å². The molecular formula is C19H18BrN3O2S. The standard InChI is InChI=1S/C19H18BrN3O2S/c1-11-16(18(24)22-13-6-4-3-5-7-13)17(23-19(26)21-11)12-8-9-15(25-2)14(20)10-12/h3-10,17H,1-2H3,(H,22,24)(H2,21,23,26)/t17-/m1/s1. The zero-order valence-corrected chi connectivity index (χ0v) is 16.7. The summed E-state index contributed by atoms with van der Waals surface area (Å²) < 4.78 is 6.10. The van der Waals surface area contributed by atoms with Crippen LogP contribution in [0.1, 0.15) is 18.5 Å². The molecule has 0 aliphatic carbocycles. The van der Waals surface area contributed by atoms with E-state index in [-0.39, 0.29) is 11.9 Å². The smallest absolute Gasteiger partial charge is 0.255 e. The van der Waals surface area contributed by atoms with E-state index in [9.17, 15) is 4.79 Å². The number of para-hydroxylation sites is 1. The number of halogens is 1. The molecule has 7 heteroatoms. The number of anilines is 1. The Morgan fingerprint density at radius 1 is 1.23 bits per heavy atom. The monoisotopic (exact) mass is 431 g/mol. The molecule has 2 aromatic rings. The molecule has 1 aliphatic rings. The summed E-state index contributed by atoms with van der Waals surface area (Å²) in [6.07, 6.45) is 0. The number of carbonyl (C=O) groups excluding carboxylic acids is 1. The van der Waals surface area contributed by atoms with E-state index in [1.54, 1.807) is 7.11 Å². The Kier molecular flexibility index (Phi) is 5.58. The van der Waals surface area contributed by atoms with Crippen molar-refractivity contribution in [2.75, 3.05) is 12.4 Å². The van der Waals surface area contributed by atoms with Crippen molar-refractivity contribution in [2.24, 2.45) is 0 Å². The number of benzene rings is 2. The highest BCUT2D eigenvalue weighted by molar-refractivity contribution is 9.10. The van der Waals surface area contributed by atoms with E-state index in [2.05, 4.69) is 31.9 Å². The van der Waals surface area contributed by atoms with Gasteiger partial charge in [-0.15, -0.1) is 0 Å². The maximum Gasteiger partial charge on any atom is 0.255 e. The van der Waals surface area contributed by atoms with Crippen molar-refractivity contribution in [3.05, 3.63) is 69.8 Å². The minimum absolute atomic E-state index is 0.187. The van der Waals surface area contributed by atoms with Gasteiger partial charge in [-0.1, -0.05) is 24.3 Å². The third-order valence-corrected chi connectivity index (χ3v) is 4.89. The Balaban J connectivity index is 1.96. The lowest BCUT2D eigenvalue weighted by atomic mass is 9.95. The molecule has 0 saturated carbocycles. The molecule has 1 amide bonds. The Labute approximate surface area is 165 Å². The molecule has 0 unspecified atom stereocenters. The van der Waals surface area contributed by atoms with Gasteiger partial charge in [0.15, 0.2) is 5.11 Å². The van der Waals surface area contributed by atoms with Crippen molar-refractivity contribution >= 4 is 44.9 Å². The number of nitrogens with one attached hydrogen (secondary N) is 3. The van der Waals surface area contributed by atoms with Crippen LogP contribution in [0, 0.1) is 0 Å². The predicted octanol–water partition coefficient (Wildman–Crippen LogP) is 3.89. The highest BCUT2D eigenvalue weighted by Crippen LogP contribution is 2.33. The lowest BCUT2D eigenvalue weighted by Crippen LogP contribution is -2.45. The summed E-state index contributed by atoms with van der Waals surface area (Å²) in [5.41, 5.74) is 2.94. The summed E-state index contributed by atoms with van der Waals surface area (Å²) in [5.74, 6) is 0.536. The van der Waals surface area contributed by atoms with Gasteiger partial charge in [0.25, 0.3) is 5.91 Å². The second kappa shape index (κ2) is 7.88. The van der Waals surface area contributed by atoms with Crippen LogP contribution in [-0.2, 0) is 4.79 Å². The molecule has 0 aromatic heterocycles. The molecule has 0 saturated heterocycles. The summed E-state index contributed by atoms with van der Waals surface area (Å²) in [5, 5.41) is 9.64. The zero-order chi connectivity index (χ0) is 18.7. The van der Waals surface area contributed by atoms with Crippen molar-refractivity contribution in [2.45, 2.75) is 13.0 Å². The van der Waals surface area contributed by atoms with Crippen molar-refractivity contribution < 1.29 is 9.53 Å². The first-order valence-corrected chi connectivity index (χ1v) is 9.18. The van der Waals surface area contributed by atoms with Crippen LogP contribution < -0.4 is 20.7 Å². The lowest BCUT2D eigenvalue weighted by Gasteiger charge is -2.30. The molecule has 0 bridgehead atoms. The van der Waals surface area contributed by atoms with E-state index in [0.717, 1.165) is 27.2 Å². The molecule has 0 spiro atoms. The number of allylic oxidation sites excluding steroid dienone is 1. The minimum atomic E-state index is -0.366. The number of carbonyl (C=O) groups is 1. The lowest BCUT2D eigenvalue weighted by molar-refractivity contribution is -0.113. The number of hydrogen-bond donors (Lipinski definition) is 3. The van der Waals surface area contributed by atoms with Crippen molar-refractivity contribution in [3.63, 3.8) is 0 Å². The van der Waals surface area contributed by atoms with Gasteiger partial charge in [-0.3, -0.25) is 4.79 Å². The second-order valence-corrected chi connectivity index (χ2v) is 7.05. The van der Waals surface area contributed by atoms with E-state index in [0.29, 0.717) is 10.7 Å². The van der Waals surface area contributed by atoms with Gasteiger partial charge in [0, 0.05) is 11.4 Å². The number of hydrogen-bond acceptors (Lipinski definition) is 3. The van der Waals surface area contributed by atoms with Crippen LogP contribution >= 0.6 is 28.1 Å². The maximum absolute atomic E-state index is 12.9. The summed E-state index contributed by atoms with van der Waals surface area (Å²) in [4.78, 5) is 12.9. The van der Waals surface area contributed by atoms with Crippen LogP contribution in [-0.4, -0.2) is 18.1 Å². The molecule has 26 heavy (non-hydrogen) atoms. The normalized spacial score (nSPS) is 16.6. The van der Waals surface area contributed by atoms with E-state index < -0.39 is 0 Å². The minimum Gasteiger partial charge on any atom is -0.496 e. The Morgan fingerprint density at radius 2 is 1.96 bits per heavy atom. The topological polar surface area (TPSA) is 62.4 Å². The molecule has 3 rings (SSSR count). The first kappa shape index (κ1) is 18.4. The number of thiocarbonyl (C=S) groups is 1. The molecular weight excluding hydrogens is 414 g/mol. The Morgan fingerprint density at radius 3 is 2.62 bits per heavy atom. The van der Waals surface area contributed by atoms with Gasteiger partial charge < -0.3 is 20.7 Å². The largest absolute Gasteiger partial charge is 0.496 e. The fourth-order valence-corrected chi connectivity index (χ4v) is 3.66. The highest BCUT2D eigenvalue weighted by Gasteiger charge is 2.30. The number of rotatable bonds is 4. The van der Waals surface area contributed by atoms with Gasteiger partial charge in [0.1, 0.15) is 5.75 Å². The van der Waals surface area contributed by atoms with Gasteiger partial charge in [-0.2, -0.15) is 0 Å². The molecule has 1 atom stereocenters. The summed E-state index contributed by atoms with van der Waals surface area (Å²) >= 11 is 8.78. The molecule has 0 fully saturated rings. The fourth-order valence-electron chi connectivity index (χ4n) is 2.83. The van der Waals surface area contributed by atoms with Gasteiger partial charge in [-0.25, -0.2) is 0 Å². The zero-order valence-electron chi connectivity index (χ0n) is 14.3. The molecule has 0 radical (unpaired) electrons. The second-order valence-electron chi connectivity index (χ2n) is 5.78. The van der Waals surface area contributed by atoms with Crippen molar-refractivity contribution in [1.29, 1.82) is 0 Å². The highest BCUT2D eigenvalue weighted by atomic mass is 79.9. The molecule has 3 N–H and O–H groups in total. The number of ether oxygens (including phenoxy) is 1. The molecule has 1 heterocycles. The number of amides is 1. The summed E-state index contributed by atoms with van der Waals surface area (Å²) in [6, 6.07) is 14.7. The first-order valence-electron chi connectivity index (χ1n) is 7.97. The fraction of sp³-hybridized carbons (Fsp3) is 0.158. The van der Waals surface area contributed by atoms with Crippen molar-refractivity contribution in [3.8, 4) is 5.75 Å². The SMILES string of the molecule is COc1ccc([C@H]2NC(=S)NC(C)=C2C(=O)Nc2ccccc2)cc1Br. The Bertz CT molecular complexity index is 884. The predicted molar refractivity (Wildman–Crippen MR) is 110 cm³/mol.